The van der Waals surface area contributed by atoms with Crippen molar-refractivity contribution in [2.75, 3.05) is 0 Å². The summed E-state index contributed by atoms with van der Waals surface area (Å²) in [5.74, 6) is 0.311. The van der Waals surface area contributed by atoms with Crippen molar-refractivity contribution in [3.8, 4) is 22.5 Å². The fourth-order valence-corrected chi connectivity index (χ4v) is 9.09. The van der Waals surface area contributed by atoms with Crippen molar-refractivity contribution < 1.29 is 24.5 Å². The second-order valence-electron chi connectivity index (χ2n) is 14.1. The number of thiophene rings is 1. The molecule has 0 spiro atoms. The van der Waals surface area contributed by atoms with Crippen molar-refractivity contribution in [2.45, 2.75) is 39.4 Å². The minimum absolute atomic E-state index is 0. The van der Waals surface area contributed by atoms with Gasteiger partial charge in [0.1, 0.15) is 5.58 Å². The number of pyridine rings is 2. The minimum Gasteiger partial charge on any atom is -0.501 e. The number of hydrogen-bond acceptors (Lipinski definition) is 4. The molecule has 5 aromatic carbocycles. The van der Waals surface area contributed by atoms with E-state index in [1.54, 1.807) is 6.20 Å². The van der Waals surface area contributed by atoms with Gasteiger partial charge in [-0.05, 0) is 56.0 Å². The van der Waals surface area contributed by atoms with Crippen molar-refractivity contribution in [3.05, 3.63) is 163 Å². The predicted octanol–water partition coefficient (Wildman–Crippen LogP) is 12.4. The summed E-state index contributed by atoms with van der Waals surface area (Å²) in [5.41, 5.74) is 9.50. The summed E-state index contributed by atoms with van der Waals surface area (Å²) < 4.78 is 8.92. The van der Waals surface area contributed by atoms with Crippen LogP contribution in [-0.2, 0) is 20.1 Å². The van der Waals surface area contributed by atoms with Crippen LogP contribution in [0.1, 0.15) is 29.5 Å². The Kier molecular flexibility index (Phi) is 10.1. The second kappa shape index (κ2) is 14.7. The van der Waals surface area contributed by atoms with Crippen LogP contribution in [0, 0.1) is 19.1 Å². The van der Waals surface area contributed by atoms with Gasteiger partial charge >= 0.3 is 0 Å². The molecule has 1 radical (unpaired) electrons. The summed E-state index contributed by atoms with van der Waals surface area (Å²) in [4.78, 5) is 9.24. The third kappa shape index (κ3) is 6.80. The van der Waals surface area contributed by atoms with E-state index in [9.17, 15) is 0 Å². The van der Waals surface area contributed by atoms with Crippen molar-refractivity contribution in [2.24, 2.45) is 0 Å². The second-order valence-corrected chi connectivity index (χ2v) is 20.3. The molecule has 3 nitrogen and oxygen atoms in total. The molecule has 4 heterocycles. The maximum Gasteiger partial charge on any atom is 0.121 e. The number of fused-ring (bicyclic) bond motifs is 6. The normalized spacial score (nSPS) is 12.1. The van der Waals surface area contributed by atoms with E-state index in [2.05, 4.69) is 148 Å². The first-order chi connectivity index (χ1) is 24.8. The Labute approximate surface area is 323 Å². The fourth-order valence-electron chi connectivity index (χ4n) is 6.77. The smallest absolute Gasteiger partial charge is 0.121 e. The topological polar surface area (TPSA) is 38.9 Å². The molecule has 9 rings (SSSR count). The number of furan rings is 1. The van der Waals surface area contributed by atoms with Gasteiger partial charge < -0.3 is 14.4 Å². The minimum atomic E-state index is -1.32. The Hall–Kier alpha value is -4.71. The zero-order chi connectivity index (χ0) is 35.1. The molecule has 0 saturated heterocycles. The average molecular weight is 887 g/mol. The van der Waals surface area contributed by atoms with E-state index in [0.717, 1.165) is 44.5 Å². The molecule has 0 aliphatic rings. The van der Waals surface area contributed by atoms with Crippen LogP contribution < -0.4 is 5.19 Å². The zero-order valence-corrected chi connectivity index (χ0v) is 34.0. The Morgan fingerprint density at radius 3 is 2.23 bits per heavy atom. The molecule has 1 atom stereocenters. The van der Waals surface area contributed by atoms with Crippen molar-refractivity contribution in [1.29, 1.82) is 0 Å². The molecular weight excluding hydrogens is 849 g/mol. The largest absolute Gasteiger partial charge is 0.501 e. The van der Waals surface area contributed by atoms with Crippen molar-refractivity contribution in [1.82, 2.24) is 9.97 Å². The van der Waals surface area contributed by atoms with Gasteiger partial charge in [0.2, 0.25) is 0 Å². The number of aryl methyl sites for hydroxylation is 1. The molecule has 0 amide bonds. The molecule has 9 aromatic rings. The van der Waals surface area contributed by atoms with Gasteiger partial charge in [-0.1, -0.05) is 135 Å². The van der Waals surface area contributed by atoms with Gasteiger partial charge in [0.25, 0.3) is 0 Å². The number of rotatable bonds is 5. The van der Waals surface area contributed by atoms with Gasteiger partial charge in [-0.25, -0.2) is 0 Å². The molecule has 1 unspecified atom stereocenters. The maximum absolute atomic E-state index is 6.29. The van der Waals surface area contributed by atoms with Crippen LogP contribution in [-0.4, -0.2) is 18.0 Å². The van der Waals surface area contributed by atoms with E-state index >= 15 is 0 Å². The molecular formula is C46H38IrN2OSSi-2. The van der Waals surface area contributed by atoms with E-state index in [-0.39, 0.29) is 20.1 Å². The first-order valence-electron chi connectivity index (χ1n) is 17.4. The molecule has 0 aliphatic heterocycles. The molecule has 0 fully saturated rings. The van der Waals surface area contributed by atoms with Crippen LogP contribution in [0.4, 0.5) is 0 Å². The monoisotopic (exact) mass is 887 g/mol. The molecule has 52 heavy (non-hydrogen) atoms. The van der Waals surface area contributed by atoms with Crippen molar-refractivity contribution in [3.63, 3.8) is 0 Å². The van der Waals surface area contributed by atoms with Crippen molar-refractivity contribution >= 4 is 66.7 Å². The summed E-state index contributed by atoms with van der Waals surface area (Å²) in [6, 6.07) is 48.9. The summed E-state index contributed by atoms with van der Waals surface area (Å²) in [5, 5.41) is 6.30. The first kappa shape index (κ1) is 35.7. The van der Waals surface area contributed by atoms with E-state index in [4.69, 9.17) is 9.40 Å². The van der Waals surface area contributed by atoms with E-state index in [1.807, 2.05) is 41.7 Å². The molecule has 0 saturated carbocycles. The summed E-state index contributed by atoms with van der Waals surface area (Å²) in [6.45, 7) is 11.5. The van der Waals surface area contributed by atoms with Crippen LogP contribution in [0.2, 0.25) is 19.6 Å². The van der Waals surface area contributed by atoms with Crippen LogP contribution in [0.3, 0.4) is 0 Å². The van der Waals surface area contributed by atoms with Gasteiger partial charge in [0.05, 0.1) is 13.7 Å². The van der Waals surface area contributed by atoms with Gasteiger partial charge in [-0.2, -0.15) is 11.3 Å². The maximum atomic E-state index is 6.29. The Morgan fingerprint density at radius 1 is 0.712 bits per heavy atom. The zero-order valence-electron chi connectivity index (χ0n) is 29.8. The van der Waals surface area contributed by atoms with Gasteiger partial charge in [0.15, 0.2) is 0 Å². The van der Waals surface area contributed by atoms with Crippen LogP contribution in [0.25, 0.3) is 64.6 Å². The molecule has 0 bridgehead atoms. The van der Waals surface area contributed by atoms with E-state index < -0.39 is 8.07 Å². The Bertz CT molecular complexity index is 2640. The quantitative estimate of drug-likeness (QED) is 0.128. The molecule has 4 aromatic heterocycles. The van der Waals surface area contributed by atoms with Gasteiger partial charge in [-0.3, -0.25) is 0 Å². The SMILES string of the molecule is CC(c1ccccc1)c1ccc2c(c1)oc1c(-c3ccccn3)[c-]ccc12.Cc1c[c-]c(-c2ccc([Si](C)(C)C)cn2)c2sc3ccccc3c12.[Ir]. The van der Waals surface area contributed by atoms with Crippen LogP contribution in [0.15, 0.2) is 138 Å². The molecule has 259 valence electrons. The standard InChI is InChI=1S/C25H18NO.C21H20NSSi.Ir/c1-17(18-8-3-2-4-9-18)19-13-14-20-21-10-7-11-22(23-12-5-6-15-26-23)25(21)27-24(20)16-19;1-14-9-11-16(18-12-10-15(13-22-18)24(2,3)4)21-20(14)17-7-5-6-8-19(17)23-21;/h2-10,12-17H,1H3;5-10,12-13H,1-4H3;/q2*-1;. The van der Waals surface area contributed by atoms with E-state index in [1.165, 1.54) is 42.0 Å². The molecule has 0 aliphatic carbocycles. The molecule has 0 N–H and O–H groups in total. The fraction of sp³-hybridized carbons (Fsp3) is 0.130. The number of aromatic nitrogens is 2. The van der Waals surface area contributed by atoms with Crippen LogP contribution in [0.5, 0.6) is 0 Å². The van der Waals surface area contributed by atoms with Crippen LogP contribution >= 0.6 is 11.3 Å². The number of benzene rings is 5. The summed E-state index contributed by atoms with van der Waals surface area (Å²) >= 11 is 1.84. The third-order valence-corrected chi connectivity index (χ3v) is 12.9. The first-order valence-corrected chi connectivity index (χ1v) is 21.7. The number of nitrogens with zero attached hydrogens (tertiary/aromatic N) is 2. The Balaban J connectivity index is 0.000000160. The molecule has 6 heteroatoms. The van der Waals surface area contributed by atoms with Gasteiger partial charge in [0, 0.05) is 48.5 Å². The van der Waals surface area contributed by atoms with E-state index in [0.29, 0.717) is 5.92 Å². The Morgan fingerprint density at radius 2 is 1.48 bits per heavy atom. The van der Waals surface area contributed by atoms with Gasteiger partial charge in [-0.15, -0.1) is 41.5 Å². The average Bonchev–Trinajstić information content (AvgIpc) is 3.74. The summed E-state index contributed by atoms with van der Waals surface area (Å²) in [6.07, 6.45) is 3.86. The predicted molar refractivity (Wildman–Crippen MR) is 219 cm³/mol. The third-order valence-electron chi connectivity index (χ3n) is 9.71. The summed E-state index contributed by atoms with van der Waals surface area (Å²) in [7, 11) is -1.32. The number of hydrogen-bond donors (Lipinski definition) is 0.